The second-order valence-corrected chi connectivity index (χ2v) is 5.50. The van der Waals surface area contributed by atoms with E-state index in [1.54, 1.807) is 11.3 Å². The fraction of sp³-hybridized carbons (Fsp3) is 0.750. The van der Waals surface area contributed by atoms with Gasteiger partial charge < -0.3 is 5.73 Å². The Labute approximate surface area is 102 Å². The van der Waals surface area contributed by atoms with Crippen LogP contribution >= 0.6 is 11.3 Å². The predicted octanol–water partition coefficient (Wildman–Crippen LogP) is 2.15. The Balaban J connectivity index is 1.98. The van der Waals surface area contributed by atoms with E-state index in [9.17, 15) is 0 Å². The molecule has 0 aliphatic carbocycles. The number of piperidine rings is 1. The molecule has 0 amide bonds. The Morgan fingerprint density at radius 1 is 1.56 bits per heavy atom. The molecule has 1 saturated heterocycles. The van der Waals surface area contributed by atoms with Crippen LogP contribution in [0.4, 0.5) is 0 Å². The van der Waals surface area contributed by atoms with Crippen LogP contribution in [0.3, 0.4) is 0 Å². The number of thiazole rings is 1. The van der Waals surface area contributed by atoms with E-state index in [4.69, 9.17) is 5.73 Å². The summed E-state index contributed by atoms with van der Waals surface area (Å²) >= 11 is 1.78. The zero-order valence-electron chi connectivity index (χ0n) is 9.98. The fourth-order valence-corrected chi connectivity index (χ4v) is 3.25. The van der Waals surface area contributed by atoms with Gasteiger partial charge in [0.15, 0.2) is 0 Å². The maximum Gasteiger partial charge on any atom is 0.0798 e. The van der Waals surface area contributed by atoms with Crippen molar-refractivity contribution in [3.05, 3.63) is 16.1 Å². The molecule has 90 valence electrons. The Bertz CT molecular complexity index is 322. The van der Waals surface area contributed by atoms with Crippen molar-refractivity contribution in [2.24, 2.45) is 5.73 Å². The van der Waals surface area contributed by atoms with Crippen LogP contribution in [0.15, 0.2) is 5.51 Å². The molecule has 0 aromatic carbocycles. The minimum absolute atomic E-state index is 0.695. The Hall–Kier alpha value is -0.450. The lowest BCUT2D eigenvalue weighted by molar-refractivity contribution is 0.135. The van der Waals surface area contributed by atoms with Crippen LogP contribution in [0.25, 0.3) is 0 Å². The highest BCUT2D eigenvalue weighted by Crippen LogP contribution is 2.23. The number of nitrogens with two attached hydrogens (primary N) is 1. The molecule has 16 heavy (non-hydrogen) atoms. The van der Waals surface area contributed by atoms with E-state index in [2.05, 4.69) is 16.8 Å². The smallest absolute Gasteiger partial charge is 0.0798 e. The van der Waals surface area contributed by atoms with Crippen molar-refractivity contribution >= 4 is 11.3 Å². The van der Waals surface area contributed by atoms with Crippen molar-refractivity contribution in [3.8, 4) is 0 Å². The molecular formula is C12H21N3S. The standard InChI is InChI=1S/C12H21N3S/c1-10-12(16-9-14-10)8-15-7-3-2-4-11(15)5-6-13/h9,11H,2-8,13H2,1H3. The molecule has 0 spiro atoms. The van der Waals surface area contributed by atoms with Gasteiger partial charge in [0.1, 0.15) is 0 Å². The first kappa shape index (κ1) is 12.0. The molecule has 3 nitrogen and oxygen atoms in total. The van der Waals surface area contributed by atoms with E-state index in [-0.39, 0.29) is 0 Å². The third-order valence-corrected chi connectivity index (χ3v) is 4.36. The molecule has 0 bridgehead atoms. The van der Waals surface area contributed by atoms with Gasteiger partial charge in [0.2, 0.25) is 0 Å². The van der Waals surface area contributed by atoms with E-state index < -0.39 is 0 Å². The molecule has 1 fully saturated rings. The van der Waals surface area contributed by atoms with Gasteiger partial charge in [-0.1, -0.05) is 6.42 Å². The molecule has 1 aliphatic rings. The zero-order chi connectivity index (χ0) is 11.4. The molecule has 1 atom stereocenters. The third-order valence-electron chi connectivity index (χ3n) is 3.44. The summed E-state index contributed by atoms with van der Waals surface area (Å²) in [4.78, 5) is 8.33. The van der Waals surface area contributed by atoms with Crippen LogP contribution in [0.1, 0.15) is 36.3 Å². The molecule has 1 aromatic heterocycles. The molecule has 1 aliphatic heterocycles. The van der Waals surface area contributed by atoms with Crippen LogP contribution in [0.5, 0.6) is 0 Å². The minimum Gasteiger partial charge on any atom is -0.330 e. The van der Waals surface area contributed by atoms with Gasteiger partial charge in [-0.05, 0) is 39.3 Å². The first-order valence-electron chi connectivity index (χ1n) is 6.14. The average Bonchev–Trinajstić information content (AvgIpc) is 2.68. The van der Waals surface area contributed by atoms with E-state index in [0.717, 1.165) is 19.5 Å². The summed E-state index contributed by atoms with van der Waals surface area (Å²) in [5.74, 6) is 0. The molecule has 1 unspecified atom stereocenters. The van der Waals surface area contributed by atoms with Crippen LogP contribution < -0.4 is 5.73 Å². The van der Waals surface area contributed by atoms with Gasteiger partial charge >= 0.3 is 0 Å². The highest BCUT2D eigenvalue weighted by atomic mass is 32.1. The second kappa shape index (κ2) is 5.75. The highest BCUT2D eigenvalue weighted by molar-refractivity contribution is 7.09. The van der Waals surface area contributed by atoms with Crippen molar-refractivity contribution in [2.45, 2.75) is 45.2 Å². The van der Waals surface area contributed by atoms with Gasteiger partial charge in [0.25, 0.3) is 0 Å². The SMILES string of the molecule is Cc1ncsc1CN1CCCCC1CCN. The van der Waals surface area contributed by atoms with Gasteiger partial charge in [-0.25, -0.2) is 4.98 Å². The lowest BCUT2D eigenvalue weighted by Crippen LogP contribution is -2.40. The quantitative estimate of drug-likeness (QED) is 0.875. The molecular weight excluding hydrogens is 218 g/mol. The molecule has 2 rings (SSSR count). The van der Waals surface area contributed by atoms with Crippen molar-refractivity contribution in [1.82, 2.24) is 9.88 Å². The van der Waals surface area contributed by atoms with Gasteiger partial charge in [-0.15, -0.1) is 11.3 Å². The summed E-state index contributed by atoms with van der Waals surface area (Å²) in [5.41, 5.74) is 8.84. The summed E-state index contributed by atoms with van der Waals surface area (Å²) in [7, 11) is 0. The second-order valence-electron chi connectivity index (χ2n) is 4.56. The fourth-order valence-electron chi connectivity index (χ4n) is 2.45. The summed E-state index contributed by atoms with van der Waals surface area (Å²) in [5, 5.41) is 0. The van der Waals surface area contributed by atoms with Gasteiger partial charge in [-0.2, -0.15) is 0 Å². The predicted molar refractivity (Wildman–Crippen MR) is 68.6 cm³/mol. The van der Waals surface area contributed by atoms with E-state index >= 15 is 0 Å². The molecule has 0 saturated carbocycles. The summed E-state index contributed by atoms with van der Waals surface area (Å²) in [6.07, 6.45) is 5.15. The highest BCUT2D eigenvalue weighted by Gasteiger charge is 2.22. The first-order valence-corrected chi connectivity index (χ1v) is 7.02. The van der Waals surface area contributed by atoms with Gasteiger partial charge in [0.05, 0.1) is 11.2 Å². The number of likely N-dealkylation sites (tertiary alicyclic amines) is 1. The van der Waals surface area contributed by atoms with Crippen LogP contribution in [-0.4, -0.2) is 29.0 Å². The number of aryl methyl sites for hydroxylation is 1. The van der Waals surface area contributed by atoms with E-state index in [0.29, 0.717) is 6.04 Å². The molecule has 1 aromatic rings. The Kier molecular flexibility index (Phi) is 4.32. The maximum atomic E-state index is 5.69. The van der Waals surface area contributed by atoms with Crippen molar-refractivity contribution in [2.75, 3.05) is 13.1 Å². The third kappa shape index (κ3) is 2.81. The number of rotatable bonds is 4. The molecule has 0 radical (unpaired) electrons. The Morgan fingerprint density at radius 2 is 2.44 bits per heavy atom. The average molecular weight is 239 g/mol. The van der Waals surface area contributed by atoms with Crippen LogP contribution in [0.2, 0.25) is 0 Å². The number of nitrogens with zero attached hydrogens (tertiary/aromatic N) is 2. The number of hydrogen-bond acceptors (Lipinski definition) is 4. The van der Waals surface area contributed by atoms with E-state index in [1.165, 1.54) is 36.4 Å². The van der Waals surface area contributed by atoms with Crippen LogP contribution in [-0.2, 0) is 6.54 Å². The van der Waals surface area contributed by atoms with Crippen LogP contribution in [0, 0.1) is 6.92 Å². The molecule has 2 N–H and O–H groups in total. The monoisotopic (exact) mass is 239 g/mol. The van der Waals surface area contributed by atoms with Crippen molar-refractivity contribution in [3.63, 3.8) is 0 Å². The minimum atomic E-state index is 0.695. The summed E-state index contributed by atoms with van der Waals surface area (Å²) < 4.78 is 0. The number of hydrogen-bond donors (Lipinski definition) is 1. The molecule has 2 heterocycles. The topological polar surface area (TPSA) is 42.2 Å². The van der Waals surface area contributed by atoms with Gasteiger partial charge in [0, 0.05) is 17.5 Å². The zero-order valence-corrected chi connectivity index (χ0v) is 10.8. The normalized spacial score (nSPS) is 22.5. The van der Waals surface area contributed by atoms with Gasteiger partial charge in [-0.3, -0.25) is 4.90 Å². The maximum absolute atomic E-state index is 5.69. The largest absolute Gasteiger partial charge is 0.330 e. The summed E-state index contributed by atoms with van der Waals surface area (Å²) in [6.45, 7) is 5.21. The number of aromatic nitrogens is 1. The van der Waals surface area contributed by atoms with E-state index in [1.807, 2.05) is 5.51 Å². The van der Waals surface area contributed by atoms with Crippen molar-refractivity contribution < 1.29 is 0 Å². The first-order chi connectivity index (χ1) is 7.81. The molecule has 4 heteroatoms. The Morgan fingerprint density at radius 3 is 3.12 bits per heavy atom. The lowest BCUT2D eigenvalue weighted by atomic mass is 9.99. The lowest BCUT2D eigenvalue weighted by Gasteiger charge is -2.35. The summed E-state index contributed by atoms with van der Waals surface area (Å²) in [6, 6.07) is 0.695. The van der Waals surface area contributed by atoms with Crippen molar-refractivity contribution in [1.29, 1.82) is 0 Å².